The number of nitriles is 1. The number of aromatic nitrogens is 1. The van der Waals surface area contributed by atoms with Crippen molar-refractivity contribution >= 4 is 5.82 Å². The number of hydrogen-bond acceptors (Lipinski definition) is 3. The van der Waals surface area contributed by atoms with Crippen LogP contribution in [0.2, 0.25) is 0 Å². The van der Waals surface area contributed by atoms with Gasteiger partial charge in [0.05, 0.1) is 5.56 Å². The number of aryl methyl sites for hydroxylation is 1. The maximum absolute atomic E-state index is 8.91. The van der Waals surface area contributed by atoms with E-state index in [4.69, 9.17) is 5.26 Å². The quantitative estimate of drug-likeness (QED) is 0.738. The second-order valence-corrected chi connectivity index (χ2v) is 3.27. The lowest BCUT2D eigenvalue weighted by atomic mass is 10.1. The molecular weight excluding hydrogens is 174 g/mol. The summed E-state index contributed by atoms with van der Waals surface area (Å²) in [6, 6.07) is 3.96. The van der Waals surface area contributed by atoms with Gasteiger partial charge in [-0.25, -0.2) is 4.98 Å². The van der Waals surface area contributed by atoms with Crippen molar-refractivity contribution in [3.05, 3.63) is 35.5 Å². The van der Waals surface area contributed by atoms with E-state index in [9.17, 15) is 0 Å². The average molecular weight is 187 g/mol. The van der Waals surface area contributed by atoms with Gasteiger partial charge in [0.1, 0.15) is 11.9 Å². The molecule has 0 aliphatic rings. The largest absolute Gasteiger partial charge is 0.365 e. The molecule has 0 radical (unpaired) electrons. The molecule has 0 saturated carbocycles. The maximum Gasteiger partial charge on any atom is 0.144 e. The minimum atomic E-state index is 0.605. The van der Waals surface area contributed by atoms with Crippen molar-refractivity contribution in [2.45, 2.75) is 13.8 Å². The Bertz CT molecular complexity index is 388. The van der Waals surface area contributed by atoms with Gasteiger partial charge in [0.15, 0.2) is 0 Å². The highest BCUT2D eigenvalue weighted by Crippen LogP contribution is 2.14. The van der Waals surface area contributed by atoms with Gasteiger partial charge in [-0.2, -0.15) is 5.26 Å². The smallest absolute Gasteiger partial charge is 0.144 e. The first-order chi connectivity index (χ1) is 6.65. The first-order valence-corrected chi connectivity index (χ1v) is 4.39. The van der Waals surface area contributed by atoms with Crippen molar-refractivity contribution in [2.75, 3.05) is 11.9 Å². The first-order valence-electron chi connectivity index (χ1n) is 4.39. The van der Waals surface area contributed by atoms with Crippen LogP contribution in [0.15, 0.2) is 24.4 Å². The third kappa shape index (κ3) is 2.33. The van der Waals surface area contributed by atoms with Gasteiger partial charge in [0.2, 0.25) is 0 Å². The van der Waals surface area contributed by atoms with Crippen LogP contribution in [0, 0.1) is 18.3 Å². The van der Waals surface area contributed by atoms with Gasteiger partial charge in [0.25, 0.3) is 0 Å². The Kier molecular flexibility index (Phi) is 3.24. The number of nitrogens with one attached hydrogen (secondary N) is 1. The summed E-state index contributed by atoms with van der Waals surface area (Å²) in [4.78, 5) is 4.11. The highest BCUT2D eigenvalue weighted by molar-refractivity contribution is 5.55. The number of hydrogen-bond donors (Lipinski definition) is 1. The molecule has 0 unspecified atom stereocenters. The fraction of sp³-hybridized carbons (Fsp3) is 0.273. The van der Waals surface area contributed by atoms with Gasteiger partial charge in [-0.1, -0.05) is 12.2 Å². The van der Waals surface area contributed by atoms with Crippen LogP contribution in [0.25, 0.3) is 0 Å². The summed E-state index contributed by atoms with van der Waals surface area (Å²) in [5.74, 6) is 0.635. The highest BCUT2D eigenvalue weighted by atomic mass is 15.0. The molecule has 0 aliphatic heterocycles. The van der Waals surface area contributed by atoms with Gasteiger partial charge in [0, 0.05) is 12.7 Å². The normalized spacial score (nSPS) is 9.21. The Morgan fingerprint density at radius 3 is 3.00 bits per heavy atom. The first kappa shape index (κ1) is 10.3. The van der Waals surface area contributed by atoms with E-state index in [1.165, 1.54) is 0 Å². The molecule has 0 fully saturated rings. The van der Waals surface area contributed by atoms with Crippen molar-refractivity contribution < 1.29 is 0 Å². The molecule has 1 N–H and O–H groups in total. The van der Waals surface area contributed by atoms with Crippen molar-refractivity contribution in [1.29, 1.82) is 5.26 Å². The summed E-state index contributed by atoms with van der Waals surface area (Å²) >= 11 is 0. The summed E-state index contributed by atoms with van der Waals surface area (Å²) in [5.41, 5.74) is 2.55. The molecule has 0 spiro atoms. The lowest BCUT2D eigenvalue weighted by Crippen LogP contribution is -2.06. The third-order valence-electron chi connectivity index (χ3n) is 1.83. The fourth-order valence-electron chi connectivity index (χ4n) is 1.07. The van der Waals surface area contributed by atoms with Crippen LogP contribution in [0.3, 0.4) is 0 Å². The second kappa shape index (κ2) is 4.43. The zero-order valence-electron chi connectivity index (χ0n) is 8.46. The number of anilines is 1. The third-order valence-corrected chi connectivity index (χ3v) is 1.83. The maximum atomic E-state index is 8.91. The van der Waals surface area contributed by atoms with Crippen LogP contribution in [-0.4, -0.2) is 11.5 Å². The van der Waals surface area contributed by atoms with Gasteiger partial charge in [-0.05, 0) is 25.5 Å². The summed E-state index contributed by atoms with van der Waals surface area (Å²) in [5, 5.41) is 12.0. The molecule has 0 atom stereocenters. The molecule has 72 valence electrons. The topological polar surface area (TPSA) is 48.7 Å². The molecule has 1 aromatic heterocycles. The minimum absolute atomic E-state index is 0.605. The summed E-state index contributed by atoms with van der Waals surface area (Å²) in [7, 11) is 0. The Labute approximate surface area is 84.1 Å². The standard InChI is InChI=1S/C11H13N3/c1-8(2)7-14-11-10(6-12)9(3)4-5-13-11/h4-5H,1,7H2,2-3H3,(H,13,14). The molecule has 0 saturated heterocycles. The van der Waals surface area contributed by atoms with E-state index in [0.29, 0.717) is 17.9 Å². The van der Waals surface area contributed by atoms with Crippen LogP contribution < -0.4 is 5.32 Å². The molecule has 1 rings (SSSR count). The SMILES string of the molecule is C=C(C)CNc1nccc(C)c1C#N. The lowest BCUT2D eigenvalue weighted by Gasteiger charge is -2.07. The van der Waals surface area contributed by atoms with E-state index in [2.05, 4.69) is 22.9 Å². The number of rotatable bonds is 3. The summed E-state index contributed by atoms with van der Waals surface area (Å²) in [6.07, 6.45) is 1.69. The van der Waals surface area contributed by atoms with E-state index in [0.717, 1.165) is 11.1 Å². The van der Waals surface area contributed by atoms with E-state index >= 15 is 0 Å². The molecule has 0 aliphatic carbocycles. The molecule has 14 heavy (non-hydrogen) atoms. The van der Waals surface area contributed by atoms with Crippen molar-refractivity contribution in [3.8, 4) is 6.07 Å². The van der Waals surface area contributed by atoms with Gasteiger partial charge in [-0.3, -0.25) is 0 Å². The van der Waals surface area contributed by atoms with Crippen molar-refractivity contribution in [2.24, 2.45) is 0 Å². The Hall–Kier alpha value is -1.82. The van der Waals surface area contributed by atoms with Crippen molar-refractivity contribution in [1.82, 2.24) is 4.98 Å². The monoisotopic (exact) mass is 187 g/mol. The molecule has 3 nitrogen and oxygen atoms in total. The Morgan fingerprint density at radius 1 is 1.71 bits per heavy atom. The Balaban J connectivity index is 2.92. The fourth-order valence-corrected chi connectivity index (χ4v) is 1.07. The minimum Gasteiger partial charge on any atom is -0.365 e. The average Bonchev–Trinajstić information content (AvgIpc) is 2.14. The number of pyridine rings is 1. The summed E-state index contributed by atoms with van der Waals surface area (Å²) in [6.45, 7) is 8.24. The van der Waals surface area contributed by atoms with Crippen LogP contribution >= 0.6 is 0 Å². The summed E-state index contributed by atoms with van der Waals surface area (Å²) < 4.78 is 0. The molecule has 0 bridgehead atoms. The van der Waals surface area contributed by atoms with Crippen LogP contribution in [0.5, 0.6) is 0 Å². The van der Waals surface area contributed by atoms with Gasteiger partial charge in [-0.15, -0.1) is 0 Å². The molecular formula is C11H13N3. The zero-order chi connectivity index (χ0) is 10.6. The second-order valence-electron chi connectivity index (χ2n) is 3.27. The predicted molar refractivity (Wildman–Crippen MR) is 57.0 cm³/mol. The van der Waals surface area contributed by atoms with Crippen LogP contribution in [0.1, 0.15) is 18.1 Å². The zero-order valence-corrected chi connectivity index (χ0v) is 8.46. The van der Waals surface area contributed by atoms with E-state index in [1.807, 2.05) is 19.9 Å². The Morgan fingerprint density at radius 2 is 2.43 bits per heavy atom. The molecule has 1 heterocycles. The molecule has 1 aromatic rings. The predicted octanol–water partition coefficient (Wildman–Crippen LogP) is 2.25. The molecule has 3 heteroatoms. The molecule has 0 amide bonds. The number of nitrogens with zero attached hydrogens (tertiary/aromatic N) is 2. The van der Waals surface area contributed by atoms with E-state index < -0.39 is 0 Å². The highest BCUT2D eigenvalue weighted by Gasteiger charge is 2.04. The van der Waals surface area contributed by atoms with E-state index in [-0.39, 0.29) is 0 Å². The van der Waals surface area contributed by atoms with Crippen LogP contribution in [-0.2, 0) is 0 Å². The lowest BCUT2D eigenvalue weighted by molar-refractivity contribution is 1.15. The van der Waals surface area contributed by atoms with E-state index in [1.54, 1.807) is 6.20 Å². The van der Waals surface area contributed by atoms with Crippen molar-refractivity contribution in [3.63, 3.8) is 0 Å². The van der Waals surface area contributed by atoms with Crippen LogP contribution in [0.4, 0.5) is 5.82 Å². The molecule has 0 aromatic carbocycles. The van der Waals surface area contributed by atoms with Gasteiger partial charge < -0.3 is 5.32 Å². The van der Waals surface area contributed by atoms with Gasteiger partial charge >= 0.3 is 0 Å².